The SMILES string of the molecule is COC1CC(COS(C)(=O)=O)C(COS(C)(=O)=O)CC1F. The van der Waals surface area contributed by atoms with Crippen molar-refractivity contribution in [3.63, 3.8) is 0 Å². The molecule has 21 heavy (non-hydrogen) atoms. The molecule has 1 aliphatic rings. The van der Waals surface area contributed by atoms with Gasteiger partial charge in [-0.05, 0) is 24.7 Å². The molecule has 126 valence electrons. The van der Waals surface area contributed by atoms with Gasteiger partial charge in [-0.15, -0.1) is 0 Å². The van der Waals surface area contributed by atoms with Crippen LogP contribution in [0, 0.1) is 11.8 Å². The van der Waals surface area contributed by atoms with Crippen LogP contribution < -0.4 is 0 Å². The van der Waals surface area contributed by atoms with Gasteiger partial charge in [0.25, 0.3) is 20.2 Å². The van der Waals surface area contributed by atoms with Crippen molar-refractivity contribution in [1.29, 1.82) is 0 Å². The zero-order chi connectivity index (χ0) is 16.3. The molecule has 1 saturated carbocycles. The molecule has 1 aliphatic carbocycles. The average Bonchev–Trinajstić information content (AvgIpc) is 2.33. The molecule has 0 aromatic carbocycles. The molecule has 0 aliphatic heterocycles. The Morgan fingerprint density at radius 3 is 1.76 bits per heavy atom. The molecule has 0 saturated heterocycles. The molecule has 0 aromatic rings. The van der Waals surface area contributed by atoms with Crippen LogP contribution in [-0.4, -0.2) is 61.9 Å². The van der Waals surface area contributed by atoms with Gasteiger partial charge in [0.15, 0.2) is 0 Å². The molecule has 1 fully saturated rings. The van der Waals surface area contributed by atoms with E-state index in [1.54, 1.807) is 0 Å². The van der Waals surface area contributed by atoms with Crippen molar-refractivity contribution in [2.75, 3.05) is 32.8 Å². The van der Waals surface area contributed by atoms with Crippen molar-refractivity contribution in [3.05, 3.63) is 0 Å². The Balaban J connectivity index is 2.74. The highest BCUT2D eigenvalue weighted by Crippen LogP contribution is 2.34. The summed E-state index contributed by atoms with van der Waals surface area (Å²) in [5.41, 5.74) is 0. The van der Waals surface area contributed by atoms with Crippen LogP contribution in [0.4, 0.5) is 4.39 Å². The van der Waals surface area contributed by atoms with Crippen LogP contribution in [-0.2, 0) is 33.3 Å². The average molecular weight is 348 g/mol. The first-order valence-corrected chi connectivity index (χ1v) is 10.0. The van der Waals surface area contributed by atoms with E-state index in [9.17, 15) is 21.2 Å². The van der Waals surface area contributed by atoms with Gasteiger partial charge in [-0.25, -0.2) is 4.39 Å². The fraction of sp³-hybridized carbons (Fsp3) is 1.00. The summed E-state index contributed by atoms with van der Waals surface area (Å²) in [6.07, 6.45) is 0.189. The van der Waals surface area contributed by atoms with Gasteiger partial charge >= 0.3 is 0 Å². The summed E-state index contributed by atoms with van der Waals surface area (Å²) < 4.78 is 72.5. The first-order chi connectivity index (χ1) is 9.52. The number of halogens is 1. The largest absolute Gasteiger partial charge is 0.378 e. The van der Waals surface area contributed by atoms with Gasteiger partial charge in [0.1, 0.15) is 6.17 Å². The molecule has 0 amide bonds. The minimum Gasteiger partial charge on any atom is -0.378 e. The van der Waals surface area contributed by atoms with Crippen LogP contribution in [0.15, 0.2) is 0 Å². The van der Waals surface area contributed by atoms with Crippen LogP contribution >= 0.6 is 0 Å². The lowest BCUT2D eigenvalue weighted by molar-refractivity contribution is -0.0481. The molecule has 4 atom stereocenters. The van der Waals surface area contributed by atoms with Gasteiger partial charge in [0.2, 0.25) is 0 Å². The van der Waals surface area contributed by atoms with E-state index in [-0.39, 0.29) is 32.0 Å². The summed E-state index contributed by atoms with van der Waals surface area (Å²) in [7, 11) is -5.89. The Labute approximate surface area is 125 Å². The van der Waals surface area contributed by atoms with Crippen LogP contribution in [0.1, 0.15) is 12.8 Å². The molecule has 0 heterocycles. The number of ether oxygens (including phenoxy) is 1. The number of alkyl halides is 1. The fourth-order valence-electron chi connectivity index (χ4n) is 2.35. The number of methoxy groups -OCH3 is 1. The highest BCUT2D eigenvalue weighted by Gasteiger charge is 2.38. The lowest BCUT2D eigenvalue weighted by Crippen LogP contribution is -2.41. The van der Waals surface area contributed by atoms with E-state index in [1.165, 1.54) is 7.11 Å². The monoisotopic (exact) mass is 348 g/mol. The Morgan fingerprint density at radius 1 is 0.952 bits per heavy atom. The first kappa shape index (κ1) is 18.8. The lowest BCUT2D eigenvalue weighted by atomic mass is 9.78. The minimum atomic E-state index is -3.64. The molecule has 0 radical (unpaired) electrons. The van der Waals surface area contributed by atoms with E-state index < -0.39 is 38.4 Å². The molecule has 0 spiro atoms. The molecular weight excluding hydrogens is 327 g/mol. The maximum Gasteiger partial charge on any atom is 0.264 e. The molecule has 0 bridgehead atoms. The Bertz CT molecular complexity index is 531. The van der Waals surface area contributed by atoms with E-state index in [0.29, 0.717) is 0 Å². The van der Waals surface area contributed by atoms with Crippen molar-refractivity contribution in [2.24, 2.45) is 11.8 Å². The van der Waals surface area contributed by atoms with Gasteiger partial charge < -0.3 is 4.74 Å². The second-order valence-electron chi connectivity index (χ2n) is 5.26. The van der Waals surface area contributed by atoms with E-state index in [2.05, 4.69) is 0 Å². The van der Waals surface area contributed by atoms with Gasteiger partial charge in [-0.2, -0.15) is 16.8 Å². The second-order valence-corrected chi connectivity index (χ2v) is 8.55. The first-order valence-electron chi connectivity index (χ1n) is 6.37. The standard InChI is InChI=1S/C11H21FO7S2/c1-17-11-5-9(7-19-21(3,15)16)8(4-10(11)12)6-18-20(2,13)14/h8-11H,4-7H2,1-3H3. The maximum atomic E-state index is 13.9. The van der Waals surface area contributed by atoms with Gasteiger partial charge in [-0.1, -0.05) is 0 Å². The summed E-state index contributed by atoms with van der Waals surface area (Å²) in [6.45, 7) is -0.351. The Morgan fingerprint density at radius 2 is 1.38 bits per heavy atom. The van der Waals surface area contributed by atoms with E-state index in [4.69, 9.17) is 13.1 Å². The Kier molecular flexibility index (Phi) is 6.54. The lowest BCUT2D eigenvalue weighted by Gasteiger charge is -2.36. The third-order valence-electron chi connectivity index (χ3n) is 3.43. The van der Waals surface area contributed by atoms with Gasteiger partial charge in [-0.3, -0.25) is 8.37 Å². The van der Waals surface area contributed by atoms with E-state index in [0.717, 1.165) is 12.5 Å². The molecule has 7 nitrogen and oxygen atoms in total. The van der Waals surface area contributed by atoms with Crippen molar-refractivity contribution in [2.45, 2.75) is 25.1 Å². The molecule has 0 N–H and O–H groups in total. The highest BCUT2D eigenvalue weighted by molar-refractivity contribution is 7.86. The third-order valence-corrected chi connectivity index (χ3v) is 4.56. The van der Waals surface area contributed by atoms with E-state index in [1.807, 2.05) is 0 Å². The molecule has 10 heteroatoms. The van der Waals surface area contributed by atoms with Crippen molar-refractivity contribution in [3.8, 4) is 0 Å². The second kappa shape index (κ2) is 7.32. The number of hydrogen-bond acceptors (Lipinski definition) is 7. The maximum absolute atomic E-state index is 13.9. The predicted molar refractivity (Wildman–Crippen MR) is 73.5 cm³/mol. The summed E-state index contributed by atoms with van der Waals surface area (Å²) in [5.74, 6) is -0.818. The van der Waals surface area contributed by atoms with Crippen molar-refractivity contribution in [1.82, 2.24) is 0 Å². The molecule has 1 rings (SSSR count). The van der Waals surface area contributed by atoms with Crippen LogP contribution in [0.25, 0.3) is 0 Å². The predicted octanol–water partition coefficient (Wildman–Crippen LogP) is 0.318. The molecule has 0 aromatic heterocycles. The van der Waals surface area contributed by atoms with Crippen molar-refractivity contribution < 1.29 is 34.3 Å². The summed E-state index contributed by atoms with van der Waals surface area (Å²) in [5, 5.41) is 0. The summed E-state index contributed by atoms with van der Waals surface area (Å²) in [4.78, 5) is 0. The minimum absolute atomic E-state index is 0.0335. The molecular formula is C11H21FO7S2. The van der Waals surface area contributed by atoms with Crippen LogP contribution in [0.3, 0.4) is 0 Å². The normalized spacial score (nSPS) is 31.2. The smallest absolute Gasteiger partial charge is 0.264 e. The van der Waals surface area contributed by atoms with E-state index >= 15 is 0 Å². The van der Waals surface area contributed by atoms with Crippen LogP contribution in [0.2, 0.25) is 0 Å². The Hall–Kier alpha value is -0.290. The quantitative estimate of drug-likeness (QED) is 0.611. The fourth-order valence-corrected chi connectivity index (χ4v) is 3.19. The number of hydrogen-bond donors (Lipinski definition) is 0. The van der Waals surface area contributed by atoms with Crippen LogP contribution in [0.5, 0.6) is 0 Å². The summed E-state index contributed by atoms with van der Waals surface area (Å²) in [6, 6.07) is 0. The molecule has 4 unspecified atom stereocenters. The zero-order valence-electron chi connectivity index (χ0n) is 12.2. The van der Waals surface area contributed by atoms with Crippen molar-refractivity contribution >= 4 is 20.2 Å². The number of rotatable bonds is 7. The topological polar surface area (TPSA) is 96.0 Å². The zero-order valence-corrected chi connectivity index (χ0v) is 13.8. The summed E-state index contributed by atoms with van der Waals surface area (Å²) >= 11 is 0. The van der Waals surface area contributed by atoms with Gasteiger partial charge in [0, 0.05) is 7.11 Å². The highest BCUT2D eigenvalue weighted by atomic mass is 32.2. The van der Waals surface area contributed by atoms with Gasteiger partial charge in [0.05, 0.1) is 31.8 Å². The third kappa shape index (κ3) is 7.00.